The summed E-state index contributed by atoms with van der Waals surface area (Å²) < 4.78 is 11.7. The Balaban J connectivity index is 1.87. The van der Waals surface area contributed by atoms with Crippen LogP contribution < -0.4 is 20.3 Å². The second kappa shape index (κ2) is 7.26. The predicted octanol–water partition coefficient (Wildman–Crippen LogP) is 2.61. The maximum atomic E-state index is 12.6. The largest absolute Gasteiger partial charge is 0.493 e. The van der Waals surface area contributed by atoms with Crippen LogP contribution in [0, 0.1) is 0 Å². The van der Waals surface area contributed by atoms with Crippen LogP contribution in [0.3, 0.4) is 0 Å². The minimum atomic E-state index is -0.729. The van der Waals surface area contributed by atoms with E-state index >= 15 is 0 Å². The van der Waals surface area contributed by atoms with Crippen LogP contribution in [-0.4, -0.2) is 29.7 Å². The van der Waals surface area contributed by atoms with E-state index in [0.29, 0.717) is 28.1 Å². The molecule has 0 saturated heterocycles. The van der Waals surface area contributed by atoms with Crippen molar-refractivity contribution < 1.29 is 14.3 Å². The van der Waals surface area contributed by atoms with Crippen molar-refractivity contribution >= 4 is 22.5 Å². The molecule has 26 heavy (non-hydrogen) atoms. The van der Waals surface area contributed by atoms with Gasteiger partial charge in [-0.3, -0.25) is 14.2 Å². The average Bonchev–Trinajstić information content (AvgIpc) is 2.67. The molecule has 0 aliphatic rings. The Hall–Kier alpha value is -3.35. The van der Waals surface area contributed by atoms with Crippen molar-refractivity contribution in [3.05, 3.63) is 59.1 Å². The number of benzene rings is 2. The van der Waals surface area contributed by atoms with Crippen molar-refractivity contribution in [3.63, 3.8) is 0 Å². The van der Waals surface area contributed by atoms with E-state index in [1.165, 1.54) is 25.1 Å². The molecule has 1 N–H and O–H groups in total. The number of hydrogen-bond donors (Lipinski definition) is 1. The highest BCUT2D eigenvalue weighted by Crippen LogP contribution is 2.30. The van der Waals surface area contributed by atoms with Gasteiger partial charge in [0, 0.05) is 11.8 Å². The first-order chi connectivity index (χ1) is 12.5. The third-order valence-electron chi connectivity index (χ3n) is 4.14. The lowest BCUT2D eigenvalue weighted by Gasteiger charge is -2.16. The number of aromatic nitrogens is 2. The topological polar surface area (TPSA) is 82.5 Å². The summed E-state index contributed by atoms with van der Waals surface area (Å²) in [5.74, 6) is 0.729. The number of para-hydroxylation sites is 1. The van der Waals surface area contributed by atoms with Crippen molar-refractivity contribution in [2.45, 2.75) is 13.0 Å². The maximum absolute atomic E-state index is 12.6. The first-order valence-corrected chi connectivity index (χ1v) is 8.04. The standard InChI is InChI=1S/C19H19N3O4/c1-12(22-11-20-15-7-5-4-6-14(15)19(22)24)18(23)21-13-8-9-16(25-2)17(10-13)26-3/h4-12H,1-3H3,(H,21,23)/t12-/m0/s1. The molecule has 7 heteroatoms. The van der Waals surface area contributed by atoms with Gasteiger partial charge in [0.1, 0.15) is 6.04 Å². The first kappa shape index (κ1) is 17.5. The van der Waals surface area contributed by atoms with Crippen LogP contribution in [0.5, 0.6) is 11.5 Å². The number of methoxy groups -OCH3 is 2. The number of rotatable bonds is 5. The van der Waals surface area contributed by atoms with E-state index in [1.54, 1.807) is 43.3 Å². The number of nitrogens with zero attached hydrogens (tertiary/aromatic N) is 2. The molecular formula is C19H19N3O4. The van der Waals surface area contributed by atoms with Crippen molar-refractivity contribution in [2.75, 3.05) is 19.5 Å². The minimum absolute atomic E-state index is 0.259. The summed E-state index contributed by atoms with van der Waals surface area (Å²) in [6, 6.07) is 11.4. The number of carbonyl (C=O) groups excluding carboxylic acids is 1. The quantitative estimate of drug-likeness (QED) is 0.762. The molecule has 0 spiro atoms. The van der Waals surface area contributed by atoms with Gasteiger partial charge in [-0.2, -0.15) is 0 Å². The molecule has 0 saturated carbocycles. The van der Waals surface area contributed by atoms with Gasteiger partial charge in [-0.25, -0.2) is 4.98 Å². The maximum Gasteiger partial charge on any atom is 0.261 e. The Kier molecular flexibility index (Phi) is 4.88. The van der Waals surface area contributed by atoms with Crippen molar-refractivity contribution in [2.24, 2.45) is 0 Å². The molecule has 3 aromatic rings. The molecule has 3 rings (SSSR count). The summed E-state index contributed by atoms with van der Waals surface area (Å²) in [6.45, 7) is 1.65. The molecular weight excluding hydrogens is 334 g/mol. The lowest BCUT2D eigenvalue weighted by Crippen LogP contribution is -2.31. The predicted molar refractivity (Wildman–Crippen MR) is 98.9 cm³/mol. The summed E-state index contributed by atoms with van der Waals surface area (Å²) in [6.07, 6.45) is 1.39. The van der Waals surface area contributed by atoms with E-state index in [4.69, 9.17) is 9.47 Å². The van der Waals surface area contributed by atoms with E-state index in [-0.39, 0.29) is 11.5 Å². The van der Waals surface area contributed by atoms with Crippen LogP contribution in [-0.2, 0) is 4.79 Å². The van der Waals surface area contributed by atoms with Crippen LogP contribution in [0.25, 0.3) is 10.9 Å². The molecule has 0 aliphatic heterocycles. The Labute approximate surface area is 150 Å². The number of anilines is 1. The average molecular weight is 353 g/mol. The number of fused-ring (bicyclic) bond motifs is 1. The van der Waals surface area contributed by atoms with Gasteiger partial charge in [0.2, 0.25) is 5.91 Å². The van der Waals surface area contributed by atoms with E-state index in [2.05, 4.69) is 10.3 Å². The number of ether oxygens (including phenoxy) is 2. The van der Waals surface area contributed by atoms with Crippen LogP contribution >= 0.6 is 0 Å². The first-order valence-electron chi connectivity index (χ1n) is 8.04. The molecule has 0 aliphatic carbocycles. The van der Waals surface area contributed by atoms with E-state index in [9.17, 15) is 9.59 Å². The summed E-state index contributed by atoms with van der Waals surface area (Å²) in [4.78, 5) is 29.5. The van der Waals surface area contributed by atoms with Crippen molar-refractivity contribution in [1.82, 2.24) is 9.55 Å². The molecule has 0 fully saturated rings. The van der Waals surface area contributed by atoms with Crippen LogP contribution in [0.15, 0.2) is 53.6 Å². The van der Waals surface area contributed by atoms with Gasteiger partial charge < -0.3 is 14.8 Å². The molecule has 2 aromatic carbocycles. The second-order valence-electron chi connectivity index (χ2n) is 5.71. The van der Waals surface area contributed by atoms with Gasteiger partial charge in [-0.05, 0) is 31.2 Å². The monoisotopic (exact) mass is 353 g/mol. The zero-order valence-electron chi connectivity index (χ0n) is 14.7. The number of nitrogens with one attached hydrogen (secondary N) is 1. The van der Waals surface area contributed by atoms with Gasteiger partial charge >= 0.3 is 0 Å². The Morgan fingerprint density at radius 1 is 1.12 bits per heavy atom. The fraction of sp³-hybridized carbons (Fsp3) is 0.211. The van der Waals surface area contributed by atoms with Crippen LogP contribution in [0.1, 0.15) is 13.0 Å². The number of hydrogen-bond acceptors (Lipinski definition) is 5. The summed E-state index contributed by atoms with van der Waals surface area (Å²) >= 11 is 0. The molecule has 0 unspecified atom stereocenters. The van der Waals surface area contributed by atoms with E-state index < -0.39 is 6.04 Å². The van der Waals surface area contributed by atoms with E-state index in [0.717, 1.165) is 0 Å². The fourth-order valence-corrected chi connectivity index (χ4v) is 2.65. The molecule has 7 nitrogen and oxygen atoms in total. The lowest BCUT2D eigenvalue weighted by atomic mass is 10.2. The smallest absolute Gasteiger partial charge is 0.261 e. The fourth-order valence-electron chi connectivity index (χ4n) is 2.65. The molecule has 1 atom stereocenters. The number of carbonyl (C=O) groups is 1. The molecule has 134 valence electrons. The third-order valence-corrected chi connectivity index (χ3v) is 4.14. The summed E-state index contributed by atoms with van der Waals surface area (Å²) in [5, 5.41) is 3.25. The van der Waals surface area contributed by atoms with E-state index in [1.807, 2.05) is 6.07 Å². The highest BCUT2D eigenvalue weighted by atomic mass is 16.5. The summed E-state index contributed by atoms with van der Waals surface area (Å²) in [5.41, 5.74) is 0.883. The van der Waals surface area contributed by atoms with Gasteiger partial charge in [0.15, 0.2) is 11.5 Å². The normalized spacial score (nSPS) is 11.8. The van der Waals surface area contributed by atoms with Gasteiger partial charge in [-0.15, -0.1) is 0 Å². The van der Waals surface area contributed by atoms with Gasteiger partial charge in [0.25, 0.3) is 5.56 Å². The Bertz CT molecular complexity index is 1010. The van der Waals surface area contributed by atoms with Gasteiger partial charge in [-0.1, -0.05) is 12.1 Å². The van der Waals surface area contributed by atoms with Crippen molar-refractivity contribution in [3.8, 4) is 11.5 Å². The molecule has 1 heterocycles. The SMILES string of the molecule is COc1ccc(NC(=O)[C@H](C)n2cnc3ccccc3c2=O)cc1OC. The number of amides is 1. The minimum Gasteiger partial charge on any atom is -0.493 e. The summed E-state index contributed by atoms with van der Waals surface area (Å²) in [7, 11) is 3.06. The zero-order chi connectivity index (χ0) is 18.7. The molecule has 1 aromatic heterocycles. The highest BCUT2D eigenvalue weighted by Gasteiger charge is 2.18. The molecule has 1 amide bonds. The Morgan fingerprint density at radius 2 is 1.85 bits per heavy atom. The van der Waals surface area contributed by atoms with Crippen LogP contribution in [0.4, 0.5) is 5.69 Å². The molecule has 0 bridgehead atoms. The van der Waals surface area contributed by atoms with Crippen molar-refractivity contribution in [1.29, 1.82) is 0 Å². The lowest BCUT2D eigenvalue weighted by molar-refractivity contribution is -0.118. The zero-order valence-corrected chi connectivity index (χ0v) is 14.7. The van der Waals surface area contributed by atoms with Crippen LogP contribution in [0.2, 0.25) is 0 Å². The molecule has 0 radical (unpaired) electrons. The highest BCUT2D eigenvalue weighted by molar-refractivity contribution is 5.94. The van der Waals surface area contributed by atoms with Gasteiger partial charge in [0.05, 0.1) is 31.4 Å². The second-order valence-corrected chi connectivity index (χ2v) is 5.71. The third kappa shape index (κ3) is 3.23. The Morgan fingerprint density at radius 3 is 2.58 bits per heavy atom.